The van der Waals surface area contributed by atoms with Crippen LogP contribution < -0.4 is 4.74 Å². The van der Waals surface area contributed by atoms with Crippen LogP contribution in [0.5, 0.6) is 5.75 Å². The van der Waals surface area contributed by atoms with Gasteiger partial charge in [-0.05, 0) is 83.3 Å². The Bertz CT molecular complexity index is 1180. The number of aromatic nitrogens is 2. The average Bonchev–Trinajstić information content (AvgIpc) is 3.24. The second kappa shape index (κ2) is 8.31. The van der Waals surface area contributed by atoms with Crippen molar-refractivity contribution in [3.05, 3.63) is 59.2 Å². The van der Waals surface area contributed by atoms with Crippen molar-refractivity contribution in [2.24, 2.45) is 4.99 Å². The Morgan fingerprint density at radius 2 is 1.90 bits per heavy atom. The molecule has 0 saturated heterocycles. The van der Waals surface area contributed by atoms with Crippen LogP contribution in [0.4, 0.5) is 5.69 Å². The highest BCUT2D eigenvalue weighted by Gasteiger charge is 2.22. The van der Waals surface area contributed by atoms with Gasteiger partial charge in [0, 0.05) is 11.8 Å². The van der Waals surface area contributed by atoms with E-state index >= 15 is 0 Å². The minimum atomic E-state index is -3.85. The molecule has 1 aromatic carbocycles. The third-order valence-corrected chi connectivity index (χ3v) is 6.28. The quantitative estimate of drug-likeness (QED) is 0.495. The standard InChI is InChI=1S/C22H25N3O4S/c1-14(2)28-18-7-9-19(10-8-18)30(26,27)25-12-11-20(23-6)21(25)13-15(3)22-16(4)24-29-17(22)5/h7-14H,6H2,1-5H3/b15-13+. The lowest BCUT2D eigenvalue weighted by Gasteiger charge is -2.12. The summed E-state index contributed by atoms with van der Waals surface area (Å²) in [4.78, 5) is 4.13. The Labute approximate surface area is 176 Å². The smallest absolute Gasteiger partial charge is 0.268 e. The minimum Gasteiger partial charge on any atom is -0.491 e. The minimum absolute atomic E-state index is 0.00201. The molecule has 3 rings (SSSR count). The molecule has 2 aromatic heterocycles. The fraction of sp³-hybridized carbons (Fsp3) is 0.273. The third kappa shape index (κ3) is 4.09. The molecule has 0 fully saturated rings. The molecular weight excluding hydrogens is 402 g/mol. The molecule has 0 amide bonds. The normalized spacial score (nSPS) is 12.4. The number of nitrogens with zero attached hydrogens (tertiary/aromatic N) is 3. The first-order chi connectivity index (χ1) is 14.1. The van der Waals surface area contributed by atoms with Gasteiger partial charge in [0.05, 0.1) is 28.1 Å². The molecular formula is C22H25N3O4S. The van der Waals surface area contributed by atoms with E-state index in [0.717, 1.165) is 16.8 Å². The number of hydrogen-bond donors (Lipinski definition) is 0. The van der Waals surface area contributed by atoms with E-state index in [1.54, 1.807) is 24.3 Å². The second-order valence-corrected chi connectivity index (χ2v) is 9.02. The number of allylic oxidation sites excluding steroid dienone is 1. The van der Waals surface area contributed by atoms with Crippen molar-refractivity contribution in [3.8, 4) is 5.75 Å². The van der Waals surface area contributed by atoms with Crippen molar-refractivity contribution in [2.45, 2.75) is 45.6 Å². The van der Waals surface area contributed by atoms with E-state index in [-0.39, 0.29) is 11.0 Å². The van der Waals surface area contributed by atoms with Gasteiger partial charge in [0.2, 0.25) is 0 Å². The van der Waals surface area contributed by atoms with Crippen LogP contribution in [0, 0.1) is 13.8 Å². The Morgan fingerprint density at radius 3 is 2.43 bits per heavy atom. The van der Waals surface area contributed by atoms with Gasteiger partial charge in [0.1, 0.15) is 11.5 Å². The van der Waals surface area contributed by atoms with E-state index in [4.69, 9.17) is 9.26 Å². The first-order valence-corrected chi connectivity index (χ1v) is 10.9. The predicted molar refractivity (Wildman–Crippen MR) is 118 cm³/mol. The maximum absolute atomic E-state index is 13.3. The van der Waals surface area contributed by atoms with Gasteiger partial charge in [-0.15, -0.1) is 0 Å². The van der Waals surface area contributed by atoms with E-state index in [1.807, 2.05) is 34.6 Å². The first kappa shape index (κ1) is 21.6. The molecule has 0 aliphatic heterocycles. The molecule has 0 N–H and O–H groups in total. The Hall–Kier alpha value is -3.13. The molecule has 2 heterocycles. The van der Waals surface area contributed by atoms with Crippen LogP contribution in [0.15, 0.2) is 50.9 Å². The molecule has 8 heteroatoms. The first-order valence-electron chi connectivity index (χ1n) is 9.47. The van der Waals surface area contributed by atoms with Crippen LogP contribution in [-0.2, 0) is 10.0 Å². The van der Waals surface area contributed by atoms with Gasteiger partial charge in [-0.25, -0.2) is 12.4 Å². The van der Waals surface area contributed by atoms with Crippen molar-refractivity contribution in [1.29, 1.82) is 0 Å². The zero-order valence-electron chi connectivity index (χ0n) is 17.7. The van der Waals surface area contributed by atoms with Gasteiger partial charge in [-0.3, -0.25) is 4.99 Å². The summed E-state index contributed by atoms with van der Waals surface area (Å²) in [5.74, 6) is 1.27. The maximum atomic E-state index is 13.3. The van der Waals surface area contributed by atoms with Gasteiger partial charge < -0.3 is 9.26 Å². The summed E-state index contributed by atoms with van der Waals surface area (Å²) in [6, 6.07) is 7.97. The highest BCUT2D eigenvalue weighted by atomic mass is 32.2. The lowest BCUT2D eigenvalue weighted by atomic mass is 10.0. The summed E-state index contributed by atoms with van der Waals surface area (Å²) in [5, 5.41) is 3.97. The Kier molecular flexibility index (Phi) is 5.98. The molecule has 0 saturated carbocycles. The van der Waals surface area contributed by atoms with E-state index in [0.29, 0.717) is 22.9 Å². The molecule has 0 bridgehead atoms. The molecule has 30 heavy (non-hydrogen) atoms. The van der Waals surface area contributed by atoms with Crippen molar-refractivity contribution < 1.29 is 17.7 Å². The number of aryl methyl sites for hydroxylation is 2. The van der Waals surface area contributed by atoms with Gasteiger partial charge >= 0.3 is 0 Å². The summed E-state index contributed by atoms with van der Waals surface area (Å²) in [6.07, 6.45) is 3.23. The molecule has 7 nitrogen and oxygen atoms in total. The molecule has 0 aliphatic rings. The summed E-state index contributed by atoms with van der Waals surface area (Å²) < 4.78 is 38.7. The van der Waals surface area contributed by atoms with Crippen molar-refractivity contribution in [2.75, 3.05) is 0 Å². The van der Waals surface area contributed by atoms with Crippen LogP contribution in [0.25, 0.3) is 11.6 Å². The molecule has 0 aliphatic carbocycles. The maximum Gasteiger partial charge on any atom is 0.268 e. The Morgan fingerprint density at radius 1 is 1.23 bits per heavy atom. The van der Waals surface area contributed by atoms with Crippen LogP contribution in [0.2, 0.25) is 0 Å². The molecule has 158 valence electrons. The van der Waals surface area contributed by atoms with E-state index in [2.05, 4.69) is 16.9 Å². The zero-order valence-corrected chi connectivity index (χ0v) is 18.5. The third-order valence-electron chi connectivity index (χ3n) is 4.57. The fourth-order valence-electron chi connectivity index (χ4n) is 3.30. The summed E-state index contributed by atoms with van der Waals surface area (Å²) >= 11 is 0. The van der Waals surface area contributed by atoms with Gasteiger partial charge in [-0.2, -0.15) is 0 Å². The number of rotatable bonds is 7. The van der Waals surface area contributed by atoms with E-state index < -0.39 is 10.0 Å². The van der Waals surface area contributed by atoms with Crippen molar-refractivity contribution >= 4 is 34.1 Å². The van der Waals surface area contributed by atoms with E-state index in [9.17, 15) is 8.42 Å². The van der Waals surface area contributed by atoms with Crippen LogP contribution in [0.1, 0.15) is 43.5 Å². The molecule has 3 aromatic rings. The Balaban J connectivity index is 2.08. The summed E-state index contributed by atoms with van der Waals surface area (Å²) in [5.41, 5.74) is 3.25. The lowest BCUT2D eigenvalue weighted by molar-refractivity contribution is 0.242. The molecule has 0 unspecified atom stereocenters. The van der Waals surface area contributed by atoms with Crippen LogP contribution in [-0.4, -0.2) is 30.4 Å². The predicted octanol–water partition coefficient (Wildman–Crippen LogP) is 5.01. The highest BCUT2D eigenvalue weighted by Crippen LogP contribution is 2.31. The van der Waals surface area contributed by atoms with Gasteiger partial charge in [0.25, 0.3) is 10.0 Å². The topological polar surface area (TPSA) is 86.7 Å². The summed E-state index contributed by atoms with van der Waals surface area (Å²) in [6.45, 7) is 12.9. The fourth-order valence-corrected chi connectivity index (χ4v) is 4.63. The number of ether oxygens (including phenoxy) is 1. The van der Waals surface area contributed by atoms with Crippen LogP contribution >= 0.6 is 0 Å². The number of aliphatic imine (C=N–C) groups is 1. The summed E-state index contributed by atoms with van der Waals surface area (Å²) in [7, 11) is -3.85. The van der Waals surface area contributed by atoms with Gasteiger partial charge in [-0.1, -0.05) is 5.16 Å². The monoisotopic (exact) mass is 427 g/mol. The largest absolute Gasteiger partial charge is 0.491 e. The number of benzene rings is 1. The average molecular weight is 428 g/mol. The molecule has 0 spiro atoms. The van der Waals surface area contributed by atoms with E-state index in [1.165, 1.54) is 22.3 Å². The second-order valence-electron chi connectivity index (χ2n) is 7.21. The van der Waals surface area contributed by atoms with Crippen molar-refractivity contribution in [3.63, 3.8) is 0 Å². The van der Waals surface area contributed by atoms with Gasteiger partial charge in [0.15, 0.2) is 0 Å². The molecule has 0 atom stereocenters. The number of hydrogen-bond acceptors (Lipinski definition) is 6. The molecule has 0 radical (unpaired) electrons. The lowest BCUT2D eigenvalue weighted by Crippen LogP contribution is -2.13. The van der Waals surface area contributed by atoms with Crippen LogP contribution in [0.3, 0.4) is 0 Å². The highest BCUT2D eigenvalue weighted by molar-refractivity contribution is 7.90. The zero-order chi connectivity index (χ0) is 22.1. The SMILES string of the molecule is C=Nc1ccn(S(=O)(=O)c2ccc(OC(C)C)cc2)c1/C=C(\C)c1c(C)noc1C. The van der Waals surface area contributed by atoms with Crippen molar-refractivity contribution in [1.82, 2.24) is 9.13 Å².